The summed E-state index contributed by atoms with van der Waals surface area (Å²) in [6.07, 6.45) is 2.36. The van der Waals surface area contributed by atoms with E-state index in [1.807, 2.05) is 25.3 Å². The lowest BCUT2D eigenvalue weighted by Crippen LogP contribution is -1.95. The fourth-order valence-electron chi connectivity index (χ4n) is 2.05. The first kappa shape index (κ1) is 10.7. The molecule has 1 N–H and O–H groups in total. The Hall–Kier alpha value is -1.77. The topological polar surface area (TPSA) is 42.1 Å². The van der Waals surface area contributed by atoms with E-state index in [-0.39, 0.29) is 5.78 Å². The maximum absolute atomic E-state index is 11.2. The highest BCUT2D eigenvalue weighted by Gasteiger charge is 2.11. The highest BCUT2D eigenvalue weighted by Crippen LogP contribution is 2.30. The molecule has 0 aliphatic heterocycles. The van der Waals surface area contributed by atoms with E-state index in [0.29, 0.717) is 6.42 Å². The van der Waals surface area contributed by atoms with Gasteiger partial charge in [0.25, 0.3) is 0 Å². The van der Waals surface area contributed by atoms with Gasteiger partial charge in [0, 0.05) is 18.0 Å². The van der Waals surface area contributed by atoms with Crippen molar-refractivity contribution in [3.8, 4) is 5.75 Å². The van der Waals surface area contributed by atoms with Crippen molar-refractivity contribution in [2.24, 2.45) is 0 Å². The Kier molecular flexibility index (Phi) is 2.69. The fourth-order valence-corrected chi connectivity index (χ4v) is 2.05. The summed E-state index contributed by atoms with van der Waals surface area (Å²) in [4.78, 5) is 14.4. The Morgan fingerprint density at radius 3 is 2.81 bits per heavy atom. The molecule has 0 radical (unpaired) electrons. The van der Waals surface area contributed by atoms with E-state index in [1.54, 1.807) is 14.0 Å². The van der Waals surface area contributed by atoms with Crippen molar-refractivity contribution in [1.29, 1.82) is 0 Å². The second kappa shape index (κ2) is 4.00. The zero-order valence-corrected chi connectivity index (χ0v) is 9.76. The molecule has 3 nitrogen and oxygen atoms in total. The standard InChI is InChI=1S/C13H15NO2/c1-8-4-5-11(16-3)13-12(8)10(7-14-13)6-9(2)15/h4-5,7,14H,6H2,1-3H3. The van der Waals surface area contributed by atoms with Crippen LogP contribution in [0.2, 0.25) is 0 Å². The SMILES string of the molecule is COc1ccc(C)c2c(CC(C)=O)c[nH]c12. The Balaban J connectivity index is 2.65. The molecule has 0 saturated carbocycles. The third-order valence-electron chi connectivity index (χ3n) is 2.75. The molecule has 1 aromatic carbocycles. The number of rotatable bonds is 3. The van der Waals surface area contributed by atoms with Gasteiger partial charge in [0.1, 0.15) is 11.5 Å². The van der Waals surface area contributed by atoms with Gasteiger partial charge in [-0.15, -0.1) is 0 Å². The molecule has 3 heteroatoms. The van der Waals surface area contributed by atoms with Crippen LogP contribution in [0.3, 0.4) is 0 Å². The quantitative estimate of drug-likeness (QED) is 0.858. The summed E-state index contributed by atoms with van der Waals surface area (Å²) in [5.41, 5.74) is 3.17. The van der Waals surface area contributed by atoms with Crippen LogP contribution in [0.15, 0.2) is 18.3 Å². The third-order valence-corrected chi connectivity index (χ3v) is 2.75. The van der Waals surface area contributed by atoms with Crippen LogP contribution < -0.4 is 4.74 Å². The van der Waals surface area contributed by atoms with Gasteiger partial charge in [-0.05, 0) is 31.0 Å². The third kappa shape index (κ3) is 1.69. The summed E-state index contributed by atoms with van der Waals surface area (Å²) in [5.74, 6) is 0.985. The fraction of sp³-hybridized carbons (Fsp3) is 0.308. The lowest BCUT2D eigenvalue weighted by molar-refractivity contribution is -0.116. The predicted molar refractivity (Wildman–Crippen MR) is 64.0 cm³/mol. The molecule has 0 fully saturated rings. The minimum Gasteiger partial charge on any atom is -0.495 e. The van der Waals surface area contributed by atoms with E-state index in [1.165, 1.54) is 0 Å². The molecule has 0 saturated heterocycles. The number of ether oxygens (including phenoxy) is 1. The molecule has 2 aromatic rings. The minimum absolute atomic E-state index is 0.170. The number of aromatic amines is 1. The molecule has 0 bridgehead atoms. The van der Waals surface area contributed by atoms with Gasteiger partial charge in [0.15, 0.2) is 0 Å². The molecule has 0 unspecified atom stereocenters. The number of aryl methyl sites for hydroxylation is 1. The van der Waals surface area contributed by atoms with Crippen molar-refractivity contribution in [1.82, 2.24) is 4.98 Å². The second-order valence-corrected chi connectivity index (χ2v) is 4.03. The predicted octanol–water partition coefficient (Wildman–Crippen LogP) is 2.62. The van der Waals surface area contributed by atoms with Crippen LogP contribution in [0.4, 0.5) is 0 Å². The van der Waals surface area contributed by atoms with Gasteiger partial charge in [0.2, 0.25) is 0 Å². The summed E-state index contributed by atoms with van der Waals surface area (Å²) < 4.78 is 5.28. The summed E-state index contributed by atoms with van der Waals surface area (Å²) in [6.45, 7) is 3.65. The minimum atomic E-state index is 0.170. The number of hydrogen-bond acceptors (Lipinski definition) is 2. The molecule has 0 atom stereocenters. The van der Waals surface area contributed by atoms with Crippen LogP contribution in [0.25, 0.3) is 10.9 Å². The van der Waals surface area contributed by atoms with Crippen LogP contribution in [0.5, 0.6) is 5.75 Å². The number of ketones is 1. The summed E-state index contributed by atoms with van der Waals surface area (Å²) in [6, 6.07) is 3.95. The van der Waals surface area contributed by atoms with Crippen LogP contribution in [-0.4, -0.2) is 17.9 Å². The van der Waals surface area contributed by atoms with Crippen LogP contribution >= 0.6 is 0 Å². The van der Waals surface area contributed by atoms with Gasteiger partial charge in [-0.3, -0.25) is 4.79 Å². The first-order chi connectivity index (χ1) is 7.63. The van der Waals surface area contributed by atoms with Crippen molar-refractivity contribution < 1.29 is 9.53 Å². The van der Waals surface area contributed by atoms with Crippen LogP contribution in [0.1, 0.15) is 18.1 Å². The van der Waals surface area contributed by atoms with Crippen molar-refractivity contribution in [2.45, 2.75) is 20.3 Å². The van der Waals surface area contributed by atoms with Crippen molar-refractivity contribution in [3.05, 3.63) is 29.5 Å². The lowest BCUT2D eigenvalue weighted by Gasteiger charge is -2.05. The molecule has 0 spiro atoms. The van der Waals surface area contributed by atoms with Crippen molar-refractivity contribution >= 4 is 16.7 Å². The number of Topliss-reactive ketones (excluding diaryl/α,β-unsaturated/α-hetero) is 1. The van der Waals surface area contributed by atoms with E-state index in [2.05, 4.69) is 4.98 Å². The normalized spacial score (nSPS) is 10.7. The average Bonchev–Trinajstić information content (AvgIpc) is 2.63. The molecule has 2 rings (SSSR count). The Bertz CT molecular complexity index is 540. The van der Waals surface area contributed by atoms with E-state index in [4.69, 9.17) is 4.74 Å². The maximum Gasteiger partial charge on any atom is 0.142 e. The monoisotopic (exact) mass is 217 g/mol. The highest BCUT2D eigenvalue weighted by atomic mass is 16.5. The Labute approximate surface area is 94.4 Å². The smallest absolute Gasteiger partial charge is 0.142 e. The molecule has 0 aliphatic carbocycles. The second-order valence-electron chi connectivity index (χ2n) is 4.03. The summed E-state index contributed by atoms with van der Waals surface area (Å²) >= 11 is 0. The molecule has 0 aliphatic rings. The molecule has 0 amide bonds. The largest absolute Gasteiger partial charge is 0.495 e. The van der Waals surface area contributed by atoms with Gasteiger partial charge < -0.3 is 9.72 Å². The number of methoxy groups -OCH3 is 1. The Morgan fingerprint density at radius 1 is 1.44 bits per heavy atom. The van der Waals surface area contributed by atoms with Crippen LogP contribution in [0, 0.1) is 6.92 Å². The molecule has 1 aromatic heterocycles. The zero-order valence-electron chi connectivity index (χ0n) is 9.76. The number of carbonyl (C=O) groups excluding carboxylic acids is 1. The molecular weight excluding hydrogens is 202 g/mol. The van der Waals surface area contributed by atoms with Crippen molar-refractivity contribution in [2.75, 3.05) is 7.11 Å². The van der Waals surface area contributed by atoms with Crippen molar-refractivity contribution in [3.63, 3.8) is 0 Å². The first-order valence-electron chi connectivity index (χ1n) is 5.26. The van der Waals surface area contributed by atoms with Gasteiger partial charge in [-0.1, -0.05) is 6.07 Å². The zero-order chi connectivity index (χ0) is 11.7. The summed E-state index contributed by atoms with van der Waals surface area (Å²) in [7, 11) is 1.65. The number of nitrogens with one attached hydrogen (secondary N) is 1. The van der Waals surface area contributed by atoms with Gasteiger partial charge in [-0.25, -0.2) is 0 Å². The van der Waals surface area contributed by atoms with Gasteiger partial charge in [-0.2, -0.15) is 0 Å². The molecule has 16 heavy (non-hydrogen) atoms. The van der Waals surface area contributed by atoms with E-state index in [9.17, 15) is 4.79 Å². The Morgan fingerprint density at radius 2 is 2.19 bits per heavy atom. The number of carbonyl (C=O) groups is 1. The number of aromatic nitrogens is 1. The molecule has 1 heterocycles. The van der Waals surface area contributed by atoms with E-state index >= 15 is 0 Å². The molecule has 84 valence electrons. The summed E-state index contributed by atoms with van der Waals surface area (Å²) in [5, 5.41) is 1.11. The van der Waals surface area contributed by atoms with Crippen LogP contribution in [-0.2, 0) is 11.2 Å². The lowest BCUT2D eigenvalue weighted by atomic mass is 10.0. The molecular formula is C13H15NO2. The van der Waals surface area contributed by atoms with Gasteiger partial charge in [0.05, 0.1) is 12.6 Å². The first-order valence-corrected chi connectivity index (χ1v) is 5.26. The van der Waals surface area contributed by atoms with Gasteiger partial charge >= 0.3 is 0 Å². The number of benzene rings is 1. The number of fused-ring (bicyclic) bond motifs is 1. The number of H-pyrrole nitrogens is 1. The highest BCUT2D eigenvalue weighted by molar-refractivity contribution is 5.94. The number of hydrogen-bond donors (Lipinski definition) is 1. The van der Waals surface area contributed by atoms with E-state index in [0.717, 1.165) is 27.8 Å². The maximum atomic E-state index is 11.2. The van der Waals surface area contributed by atoms with E-state index < -0.39 is 0 Å². The average molecular weight is 217 g/mol.